The monoisotopic (exact) mass is 305 g/mol. The van der Waals surface area contributed by atoms with E-state index in [0.717, 1.165) is 28.9 Å². The van der Waals surface area contributed by atoms with Gasteiger partial charge in [-0.2, -0.15) is 0 Å². The number of hydrogen-bond donors (Lipinski definition) is 1. The van der Waals surface area contributed by atoms with Gasteiger partial charge in [-0.1, -0.05) is 6.07 Å². The van der Waals surface area contributed by atoms with Crippen LogP contribution in [-0.4, -0.2) is 41.1 Å². The molecule has 1 aliphatic rings. The molecule has 0 aliphatic carbocycles. The largest absolute Gasteiger partial charge is 0.493 e. The first-order valence-electron chi connectivity index (χ1n) is 7.63. The summed E-state index contributed by atoms with van der Waals surface area (Å²) in [5.74, 6) is -0.273. The van der Waals surface area contributed by atoms with E-state index in [-0.39, 0.29) is 18.9 Å². The second-order valence-corrected chi connectivity index (χ2v) is 5.89. The maximum Gasteiger partial charge on any atom is 0.326 e. The number of nitrogens with zero attached hydrogens (tertiary/aromatic N) is 1. The third-order valence-electron chi connectivity index (χ3n) is 4.20. The van der Waals surface area contributed by atoms with Crippen molar-refractivity contribution >= 4 is 11.9 Å². The number of hydrogen-bond acceptors (Lipinski definition) is 3. The number of ether oxygens (including phenoxy) is 1. The molecule has 1 heterocycles. The number of benzene rings is 1. The Hall–Kier alpha value is -2.04. The van der Waals surface area contributed by atoms with Gasteiger partial charge in [0.2, 0.25) is 5.91 Å². The zero-order valence-electron chi connectivity index (χ0n) is 13.4. The molecule has 1 aromatic rings. The number of likely N-dealkylation sites (tertiary alicyclic amines) is 1. The van der Waals surface area contributed by atoms with E-state index in [1.54, 1.807) is 0 Å². The van der Waals surface area contributed by atoms with Gasteiger partial charge in [-0.05, 0) is 56.4 Å². The van der Waals surface area contributed by atoms with Crippen LogP contribution in [0, 0.1) is 20.8 Å². The van der Waals surface area contributed by atoms with Gasteiger partial charge in [-0.3, -0.25) is 4.79 Å². The summed E-state index contributed by atoms with van der Waals surface area (Å²) in [5, 5.41) is 9.11. The Kier molecular flexibility index (Phi) is 5.06. The maximum absolute atomic E-state index is 12.2. The van der Waals surface area contributed by atoms with Crippen LogP contribution in [0.15, 0.2) is 12.1 Å². The molecule has 5 nitrogen and oxygen atoms in total. The lowest BCUT2D eigenvalue weighted by molar-refractivity contribution is -0.148. The van der Waals surface area contributed by atoms with Crippen molar-refractivity contribution in [1.29, 1.82) is 0 Å². The predicted octanol–water partition coefficient (Wildman–Crippen LogP) is 2.46. The van der Waals surface area contributed by atoms with Crippen molar-refractivity contribution in [2.24, 2.45) is 0 Å². The smallest absolute Gasteiger partial charge is 0.326 e. The van der Waals surface area contributed by atoms with Gasteiger partial charge in [-0.25, -0.2) is 4.79 Å². The van der Waals surface area contributed by atoms with E-state index < -0.39 is 12.0 Å². The number of amides is 1. The molecule has 1 fully saturated rings. The van der Waals surface area contributed by atoms with Gasteiger partial charge < -0.3 is 14.7 Å². The van der Waals surface area contributed by atoms with Crippen molar-refractivity contribution < 1.29 is 19.4 Å². The molecule has 1 aliphatic heterocycles. The van der Waals surface area contributed by atoms with Crippen LogP contribution in [0.2, 0.25) is 0 Å². The molecule has 0 unspecified atom stereocenters. The molecule has 0 saturated carbocycles. The van der Waals surface area contributed by atoms with Gasteiger partial charge in [-0.15, -0.1) is 0 Å². The second kappa shape index (κ2) is 6.81. The molecule has 0 aromatic heterocycles. The summed E-state index contributed by atoms with van der Waals surface area (Å²) in [5.41, 5.74) is 3.35. The summed E-state index contributed by atoms with van der Waals surface area (Å²) in [6.45, 7) is 6.82. The van der Waals surface area contributed by atoms with Crippen molar-refractivity contribution in [2.75, 3.05) is 13.2 Å². The Bertz CT molecular complexity index is 582. The summed E-state index contributed by atoms with van der Waals surface area (Å²) < 4.78 is 5.73. The minimum absolute atomic E-state index is 0.146. The second-order valence-electron chi connectivity index (χ2n) is 5.89. The molecule has 0 spiro atoms. The van der Waals surface area contributed by atoms with Crippen molar-refractivity contribution in [3.05, 3.63) is 28.8 Å². The van der Waals surface area contributed by atoms with E-state index in [0.29, 0.717) is 13.0 Å². The van der Waals surface area contributed by atoms with E-state index in [4.69, 9.17) is 9.84 Å². The lowest BCUT2D eigenvalue weighted by Gasteiger charge is -2.21. The fourth-order valence-electron chi connectivity index (χ4n) is 2.86. The summed E-state index contributed by atoms with van der Waals surface area (Å²) in [6, 6.07) is 3.38. The third-order valence-corrected chi connectivity index (χ3v) is 4.20. The van der Waals surface area contributed by atoms with Gasteiger partial charge in [0.1, 0.15) is 11.8 Å². The van der Waals surface area contributed by atoms with Crippen LogP contribution >= 0.6 is 0 Å². The summed E-state index contributed by atoms with van der Waals surface area (Å²) >= 11 is 0. The van der Waals surface area contributed by atoms with E-state index in [2.05, 4.69) is 6.07 Å². The lowest BCUT2D eigenvalue weighted by atomic mass is 10.1. The number of aryl methyl sites for hydroxylation is 2. The third kappa shape index (κ3) is 3.59. The Morgan fingerprint density at radius 3 is 2.73 bits per heavy atom. The average molecular weight is 305 g/mol. The minimum Gasteiger partial charge on any atom is -0.493 e. The molecule has 1 aromatic carbocycles. The molecule has 1 atom stereocenters. The number of aliphatic carboxylic acids is 1. The zero-order valence-corrected chi connectivity index (χ0v) is 13.4. The molecule has 2 rings (SSSR count). The SMILES string of the molecule is Cc1cc(C)c(C)c(OCCC(=O)N2CCC[C@@H]2C(=O)O)c1. The molecular formula is C17H23NO4. The Labute approximate surface area is 130 Å². The van der Waals surface area contributed by atoms with Crippen molar-refractivity contribution in [3.8, 4) is 5.75 Å². The highest BCUT2D eigenvalue weighted by Crippen LogP contribution is 2.24. The van der Waals surface area contributed by atoms with E-state index in [1.807, 2.05) is 26.8 Å². The summed E-state index contributed by atoms with van der Waals surface area (Å²) in [6.07, 6.45) is 1.49. The topological polar surface area (TPSA) is 66.8 Å². The van der Waals surface area contributed by atoms with Gasteiger partial charge in [0.15, 0.2) is 0 Å². The minimum atomic E-state index is -0.920. The number of rotatable bonds is 5. The Morgan fingerprint density at radius 2 is 2.05 bits per heavy atom. The lowest BCUT2D eigenvalue weighted by Crippen LogP contribution is -2.40. The molecule has 1 saturated heterocycles. The number of carbonyl (C=O) groups excluding carboxylic acids is 1. The molecule has 5 heteroatoms. The van der Waals surface area contributed by atoms with Crippen LogP contribution < -0.4 is 4.74 Å². The average Bonchev–Trinajstić information content (AvgIpc) is 2.93. The van der Waals surface area contributed by atoms with Crippen LogP contribution in [-0.2, 0) is 9.59 Å². The molecule has 0 radical (unpaired) electrons. The van der Waals surface area contributed by atoms with Gasteiger partial charge in [0, 0.05) is 6.54 Å². The Morgan fingerprint density at radius 1 is 1.32 bits per heavy atom. The molecule has 120 valence electrons. The highest BCUT2D eigenvalue weighted by atomic mass is 16.5. The molecule has 0 bridgehead atoms. The van der Waals surface area contributed by atoms with Crippen LogP contribution in [0.5, 0.6) is 5.75 Å². The first-order chi connectivity index (χ1) is 10.4. The van der Waals surface area contributed by atoms with Gasteiger partial charge in [0.05, 0.1) is 13.0 Å². The fourth-order valence-corrected chi connectivity index (χ4v) is 2.86. The first kappa shape index (κ1) is 16.3. The molecular weight excluding hydrogens is 282 g/mol. The molecule has 1 amide bonds. The van der Waals surface area contributed by atoms with E-state index >= 15 is 0 Å². The highest BCUT2D eigenvalue weighted by molar-refractivity contribution is 5.84. The Balaban J connectivity index is 1.91. The number of carbonyl (C=O) groups is 2. The van der Waals surface area contributed by atoms with Crippen LogP contribution in [0.25, 0.3) is 0 Å². The van der Waals surface area contributed by atoms with Crippen molar-refractivity contribution in [3.63, 3.8) is 0 Å². The first-order valence-corrected chi connectivity index (χ1v) is 7.63. The molecule has 1 N–H and O–H groups in total. The normalized spacial score (nSPS) is 17.6. The van der Waals surface area contributed by atoms with Crippen molar-refractivity contribution in [2.45, 2.75) is 46.1 Å². The summed E-state index contributed by atoms with van der Waals surface area (Å²) in [7, 11) is 0. The van der Waals surface area contributed by atoms with E-state index in [9.17, 15) is 9.59 Å². The van der Waals surface area contributed by atoms with Crippen LogP contribution in [0.4, 0.5) is 0 Å². The van der Waals surface area contributed by atoms with Gasteiger partial charge in [0.25, 0.3) is 0 Å². The van der Waals surface area contributed by atoms with Crippen LogP contribution in [0.3, 0.4) is 0 Å². The molecule has 22 heavy (non-hydrogen) atoms. The predicted molar refractivity (Wildman–Crippen MR) is 83.1 cm³/mol. The number of carboxylic acid groups (broad SMARTS) is 1. The summed E-state index contributed by atoms with van der Waals surface area (Å²) in [4.78, 5) is 24.7. The van der Waals surface area contributed by atoms with E-state index in [1.165, 1.54) is 4.90 Å². The number of carboxylic acids is 1. The standard InChI is InChI=1S/C17H23NO4/c1-11-9-12(2)13(3)15(10-11)22-8-6-16(19)18-7-4-5-14(18)17(20)21/h9-10,14H,4-8H2,1-3H3,(H,20,21)/t14-/m1/s1. The maximum atomic E-state index is 12.2. The zero-order chi connectivity index (χ0) is 16.3. The quantitative estimate of drug-likeness (QED) is 0.907. The van der Waals surface area contributed by atoms with Gasteiger partial charge >= 0.3 is 5.97 Å². The fraction of sp³-hybridized carbons (Fsp3) is 0.529. The van der Waals surface area contributed by atoms with Crippen molar-refractivity contribution in [1.82, 2.24) is 4.90 Å². The van der Waals surface area contributed by atoms with Crippen LogP contribution in [0.1, 0.15) is 36.0 Å². The highest BCUT2D eigenvalue weighted by Gasteiger charge is 2.33.